The van der Waals surface area contributed by atoms with Gasteiger partial charge in [-0.3, -0.25) is 0 Å². The molecule has 5 nitrogen and oxygen atoms in total. The van der Waals surface area contributed by atoms with Gasteiger partial charge in [0.05, 0.1) is 6.20 Å². The van der Waals surface area contributed by atoms with E-state index >= 15 is 0 Å². The first-order chi connectivity index (χ1) is 9.78. The van der Waals surface area contributed by atoms with Crippen molar-refractivity contribution >= 4 is 17.5 Å². The van der Waals surface area contributed by atoms with Crippen LogP contribution in [0.5, 0.6) is 0 Å². The van der Waals surface area contributed by atoms with Crippen molar-refractivity contribution in [3.63, 3.8) is 0 Å². The predicted molar refractivity (Wildman–Crippen MR) is 82.3 cm³/mol. The first-order valence-corrected chi connectivity index (χ1v) is 7.05. The zero-order valence-electron chi connectivity index (χ0n) is 12.1. The van der Waals surface area contributed by atoms with Gasteiger partial charge >= 0.3 is 0 Å². The third kappa shape index (κ3) is 4.50. The molecule has 106 valence electrons. The van der Waals surface area contributed by atoms with Crippen LogP contribution in [0.15, 0.2) is 30.5 Å². The maximum absolute atomic E-state index is 4.40. The van der Waals surface area contributed by atoms with Crippen LogP contribution in [-0.2, 0) is 0 Å². The van der Waals surface area contributed by atoms with E-state index in [2.05, 4.69) is 45.7 Å². The minimum Gasteiger partial charge on any atom is -0.369 e. The molecule has 0 saturated carbocycles. The molecule has 0 aliphatic heterocycles. The molecule has 2 rings (SSSR count). The molecule has 0 radical (unpaired) electrons. The van der Waals surface area contributed by atoms with Crippen molar-refractivity contribution in [3.8, 4) is 0 Å². The SMILES string of the molecule is CCCCCNc1cnnc(Nc2cccc(C)c2)n1. The molecule has 1 aromatic heterocycles. The number of aryl methyl sites for hydroxylation is 1. The summed E-state index contributed by atoms with van der Waals surface area (Å²) in [7, 11) is 0. The lowest BCUT2D eigenvalue weighted by Gasteiger charge is -2.07. The van der Waals surface area contributed by atoms with Crippen molar-refractivity contribution in [1.29, 1.82) is 0 Å². The van der Waals surface area contributed by atoms with Gasteiger partial charge < -0.3 is 10.6 Å². The number of aromatic nitrogens is 3. The summed E-state index contributed by atoms with van der Waals surface area (Å²) in [5.74, 6) is 1.27. The Hall–Kier alpha value is -2.17. The summed E-state index contributed by atoms with van der Waals surface area (Å²) in [6.07, 6.45) is 5.22. The standard InChI is InChI=1S/C15H21N5/c1-3-4-5-9-16-14-11-17-20-15(19-14)18-13-8-6-7-12(2)10-13/h6-8,10-11H,3-5,9H2,1-2H3,(H2,16,18,19,20). The highest BCUT2D eigenvalue weighted by Gasteiger charge is 2.01. The Bertz CT molecular complexity index is 541. The Morgan fingerprint density at radius 3 is 2.90 bits per heavy atom. The van der Waals surface area contributed by atoms with Crippen LogP contribution >= 0.6 is 0 Å². The molecule has 2 aromatic rings. The molecule has 0 fully saturated rings. The maximum atomic E-state index is 4.40. The summed E-state index contributed by atoms with van der Waals surface area (Å²) in [6, 6.07) is 8.08. The summed E-state index contributed by atoms with van der Waals surface area (Å²) < 4.78 is 0. The number of benzene rings is 1. The van der Waals surface area contributed by atoms with Gasteiger partial charge in [-0.2, -0.15) is 10.1 Å². The van der Waals surface area contributed by atoms with Crippen molar-refractivity contribution in [2.45, 2.75) is 33.1 Å². The smallest absolute Gasteiger partial charge is 0.249 e. The van der Waals surface area contributed by atoms with Gasteiger partial charge in [0.25, 0.3) is 0 Å². The molecule has 5 heteroatoms. The minimum atomic E-state index is 0.510. The normalized spacial score (nSPS) is 10.3. The van der Waals surface area contributed by atoms with Crippen molar-refractivity contribution in [2.75, 3.05) is 17.2 Å². The van der Waals surface area contributed by atoms with E-state index in [0.29, 0.717) is 5.95 Å². The van der Waals surface area contributed by atoms with Gasteiger partial charge in [0.1, 0.15) is 0 Å². The van der Waals surface area contributed by atoms with E-state index < -0.39 is 0 Å². The molecule has 0 unspecified atom stereocenters. The van der Waals surface area contributed by atoms with Gasteiger partial charge in [0.2, 0.25) is 5.95 Å². The molecule has 0 amide bonds. The molecule has 0 atom stereocenters. The van der Waals surface area contributed by atoms with Gasteiger partial charge in [-0.1, -0.05) is 31.9 Å². The molecule has 0 spiro atoms. The largest absolute Gasteiger partial charge is 0.369 e. The molecule has 1 aromatic carbocycles. The zero-order valence-corrected chi connectivity index (χ0v) is 12.1. The number of nitrogens with one attached hydrogen (secondary N) is 2. The Balaban J connectivity index is 1.95. The zero-order chi connectivity index (χ0) is 14.2. The Morgan fingerprint density at radius 1 is 1.20 bits per heavy atom. The Morgan fingerprint density at radius 2 is 2.10 bits per heavy atom. The van der Waals surface area contributed by atoms with Gasteiger partial charge in [-0.15, -0.1) is 5.10 Å². The first-order valence-electron chi connectivity index (χ1n) is 7.05. The van der Waals surface area contributed by atoms with Crippen LogP contribution in [0.4, 0.5) is 17.5 Å². The van der Waals surface area contributed by atoms with E-state index in [1.54, 1.807) is 6.20 Å². The Labute approximate surface area is 119 Å². The second-order valence-electron chi connectivity index (χ2n) is 4.79. The summed E-state index contributed by atoms with van der Waals surface area (Å²) in [6.45, 7) is 5.16. The third-order valence-electron chi connectivity index (χ3n) is 2.92. The molecule has 1 heterocycles. The van der Waals surface area contributed by atoms with E-state index in [0.717, 1.165) is 24.5 Å². The minimum absolute atomic E-state index is 0.510. The molecule has 2 N–H and O–H groups in total. The number of hydrogen-bond donors (Lipinski definition) is 2. The summed E-state index contributed by atoms with van der Waals surface area (Å²) in [5, 5.41) is 14.4. The van der Waals surface area contributed by atoms with Crippen LogP contribution in [0, 0.1) is 6.92 Å². The van der Waals surface area contributed by atoms with Crippen LogP contribution in [-0.4, -0.2) is 21.7 Å². The molecule has 0 saturated heterocycles. The van der Waals surface area contributed by atoms with Crippen LogP contribution in [0.1, 0.15) is 31.7 Å². The molecule has 20 heavy (non-hydrogen) atoms. The predicted octanol–water partition coefficient (Wildman–Crippen LogP) is 3.53. The van der Waals surface area contributed by atoms with Crippen LogP contribution in [0.3, 0.4) is 0 Å². The quantitative estimate of drug-likeness (QED) is 0.754. The molecular formula is C15H21N5. The highest BCUT2D eigenvalue weighted by atomic mass is 15.3. The van der Waals surface area contributed by atoms with Gasteiger partial charge in [0, 0.05) is 12.2 Å². The number of rotatable bonds is 7. The van der Waals surface area contributed by atoms with Crippen LogP contribution in [0.25, 0.3) is 0 Å². The van der Waals surface area contributed by atoms with Gasteiger partial charge in [-0.25, -0.2) is 0 Å². The first kappa shape index (κ1) is 14.2. The number of unbranched alkanes of at least 4 members (excludes halogenated alkanes) is 2. The number of hydrogen-bond acceptors (Lipinski definition) is 5. The van der Waals surface area contributed by atoms with Crippen LogP contribution in [0.2, 0.25) is 0 Å². The van der Waals surface area contributed by atoms with Crippen molar-refractivity contribution < 1.29 is 0 Å². The van der Waals surface area contributed by atoms with Crippen molar-refractivity contribution in [3.05, 3.63) is 36.0 Å². The second kappa shape index (κ2) is 7.43. The average molecular weight is 271 g/mol. The molecule has 0 aliphatic rings. The van der Waals surface area contributed by atoms with Crippen molar-refractivity contribution in [1.82, 2.24) is 15.2 Å². The highest BCUT2D eigenvalue weighted by molar-refractivity contribution is 5.54. The lowest BCUT2D eigenvalue weighted by molar-refractivity contribution is 0.741. The average Bonchev–Trinajstić information content (AvgIpc) is 2.44. The second-order valence-corrected chi connectivity index (χ2v) is 4.79. The highest BCUT2D eigenvalue weighted by Crippen LogP contribution is 2.14. The van der Waals surface area contributed by atoms with E-state index in [1.165, 1.54) is 18.4 Å². The fourth-order valence-electron chi connectivity index (χ4n) is 1.89. The summed E-state index contributed by atoms with van der Waals surface area (Å²) in [4.78, 5) is 4.40. The van der Waals surface area contributed by atoms with Crippen molar-refractivity contribution in [2.24, 2.45) is 0 Å². The number of anilines is 3. The molecular weight excluding hydrogens is 250 g/mol. The Kier molecular flexibility index (Phi) is 5.29. The number of nitrogens with zero attached hydrogens (tertiary/aromatic N) is 3. The summed E-state index contributed by atoms with van der Waals surface area (Å²) in [5.41, 5.74) is 2.16. The van der Waals surface area contributed by atoms with Crippen LogP contribution < -0.4 is 10.6 Å². The van der Waals surface area contributed by atoms with Gasteiger partial charge in [0.15, 0.2) is 5.82 Å². The summed E-state index contributed by atoms with van der Waals surface area (Å²) >= 11 is 0. The van der Waals surface area contributed by atoms with E-state index in [-0.39, 0.29) is 0 Å². The third-order valence-corrected chi connectivity index (χ3v) is 2.92. The maximum Gasteiger partial charge on any atom is 0.249 e. The van der Waals surface area contributed by atoms with E-state index in [4.69, 9.17) is 0 Å². The van der Waals surface area contributed by atoms with E-state index in [9.17, 15) is 0 Å². The fraction of sp³-hybridized carbons (Fsp3) is 0.400. The monoisotopic (exact) mass is 271 g/mol. The lowest BCUT2D eigenvalue weighted by Crippen LogP contribution is -2.06. The van der Waals surface area contributed by atoms with E-state index in [1.807, 2.05) is 18.2 Å². The lowest BCUT2D eigenvalue weighted by atomic mass is 10.2. The fourth-order valence-corrected chi connectivity index (χ4v) is 1.89. The molecule has 0 aliphatic carbocycles. The van der Waals surface area contributed by atoms with Gasteiger partial charge in [-0.05, 0) is 31.0 Å². The topological polar surface area (TPSA) is 62.7 Å². The molecule has 0 bridgehead atoms.